The molecular weight excluding hydrogens is 290 g/mol. The van der Waals surface area contributed by atoms with Gasteiger partial charge in [0.1, 0.15) is 5.52 Å². The van der Waals surface area contributed by atoms with E-state index in [4.69, 9.17) is 11.6 Å². The number of hydrogen-bond donors (Lipinski definition) is 1. The summed E-state index contributed by atoms with van der Waals surface area (Å²) < 4.78 is 1.18. The van der Waals surface area contributed by atoms with Gasteiger partial charge < -0.3 is 0 Å². The zero-order valence-electron chi connectivity index (χ0n) is 10.6. The summed E-state index contributed by atoms with van der Waals surface area (Å²) >= 11 is 5.94. The van der Waals surface area contributed by atoms with E-state index in [0.717, 1.165) is 10.9 Å². The number of H-pyrrole nitrogens is 1. The van der Waals surface area contributed by atoms with E-state index in [1.54, 1.807) is 18.2 Å². The zero-order chi connectivity index (χ0) is 14.4. The van der Waals surface area contributed by atoms with Crippen molar-refractivity contribution in [2.45, 2.75) is 0 Å². The second kappa shape index (κ2) is 4.39. The lowest BCUT2D eigenvalue weighted by Crippen LogP contribution is -2.23. The van der Waals surface area contributed by atoms with Crippen molar-refractivity contribution >= 4 is 33.4 Å². The smallest absolute Gasteiger partial charge is 0.276 e. The molecule has 102 valence electrons. The van der Waals surface area contributed by atoms with Crippen molar-refractivity contribution in [3.05, 3.63) is 57.8 Å². The van der Waals surface area contributed by atoms with Crippen molar-refractivity contribution in [3.8, 4) is 5.82 Å². The summed E-state index contributed by atoms with van der Waals surface area (Å²) in [4.78, 5) is 12.6. The number of para-hydroxylation sites is 1. The van der Waals surface area contributed by atoms with Crippen LogP contribution in [0.25, 0.3) is 27.6 Å². The molecule has 0 aliphatic carbocycles. The Labute approximate surface area is 123 Å². The molecule has 0 saturated carbocycles. The lowest BCUT2D eigenvalue weighted by Gasteiger charge is -2.02. The molecule has 7 heteroatoms. The topological polar surface area (TPSA) is 76.5 Å². The minimum atomic E-state index is -0.306. The summed E-state index contributed by atoms with van der Waals surface area (Å²) in [7, 11) is 0. The van der Waals surface area contributed by atoms with E-state index in [0.29, 0.717) is 21.7 Å². The van der Waals surface area contributed by atoms with E-state index in [-0.39, 0.29) is 5.56 Å². The van der Waals surface area contributed by atoms with E-state index >= 15 is 0 Å². The molecule has 6 nitrogen and oxygen atoms in total. The van der Waals surface area contributed by atoms with Crippen LogP contribution < -0.4 is 5.56 Å². The van der Waals surface area contributed by atoms with Gasteiger partial charge in [-0.1, -0.05) is 28.9 Å². The zero-order valence-corrected chi connectivity index (χ0v) is 11.4. The molecule has 4 aromatic rings. The molecule has 2 aromatic carbocycles. The molecule has 0 aliphatic rings. The second-order valence-electron chi connectivity index (χ2n) is 4.56. The number of nitrogens with one attached hydrogen (secondary N) is 1. The van der Waals surface area contributed by atoms with Gasteiger partial charge in [0.05, 0.1) is 10.9 Å². The Morgan fingerprint density at radius 1 is 1.10 bits per heavy atom. The first-order chi connectivity index (χ1) is 10.2. The van der Waals surface area contributed by atoms with Gasteiger partial charge in [-0.25, -0.2) is 0 Å². The first kappa shape index (κ1) is 12.0. The van der Waals surface area contributed by atoms with Gasteiger partial charge in [0.2, 0.25) is 0 Å². The average Bonchev–Trinajstić information content (AvgIpc) is 2.92. The van der Waals surface area contributed by atoms with Crippen molar-refractivity contribution < 1.29 is 0 Å². The Balaban J connectivity index is 2.07. The Morgan fingerprint density at radius 2 is 1.95 bits per heavy atom. The van der Waals surface area contributed by atoms with E-state index in [1.165, 1.54) is 4.68 Å². The summed E-state index contributed by atoms with van der Waals surface area (Å²) in [5.74, 6) is 0.421. The van der Waals surface area contributed by atoms with Crippen molar-refractivity contribution in [2.75, 3.05) is 0 Å². The average molecular weight is 298 g/mol. The van der Waals surface area contributed by atoms with Crippen LogP contribution in [0.2, 0.25) is 5.02 Å². The van der Waals surface area contributed by atoms with Crippen molar-refractivity contribution in [1.82, 2.24) is 25.2 Å². The maximum atomic E-state index is 12.6. The molecule has 0 saturated heterocycles. The van der Waals surface area contributed by atoms with Crippen LogP contribution in [0.3, 0.4) is 0 Å². The molecule has 4 rings (SSSR count). The lowest BCUT2D eigenvalue weighted by atomic mass is 10.2. The van der Waals surface area contributed by atoms with Gasteiger partial charge in [-0.05, 0) is 30.3 Å². The fourth-order valence-electron chi connectivity index (χ4n) is 2.26. The van der Waals surface area contributed by atoms with Crippen LogP contribution in [0.1, 0.15) is 0 Å². The first-order valence-electron chi connectivity index (χ1n) is 6.23. The summed E-state index contributed by atoms with van der Waals surface area (Å²) in [5, 5.41) is 16.7. The number of halogens is 1. The molecule has 0 amide bonds. The third-order valence-electron chi connectivity index (χ3n) is 3.27. The maximum absolute atomic E-state index is 12.6. The highest BCUT2D eigenvalue weighted by molar-refractivity contribution is 6.31. The van der Waals surface area contributed by atoms with Gasteiger partial charge in [-0.3, -0.25) is 9.89 Å². The molecule has 21 heavy (non-hydrogen) atoms. The second-order valence-corrected chi connectivity index (χ2v) is 5.00. The molecule has 2 heterocycles. The van der Waals surface area contributed by atoms with E-state index in [9.17, 15) is 4.79 Å². The summed E-state index contributed by atoms with van der Waals surface area (Å²) in [6.07, 6.45) is 0. The van der Waals surface area contributed by atoms with Crippen LogP contribution in [0, 0.1) is 0 Å². The molecular formula is C14H8ClN5O. The number of aromatic nitrogens is 5. The largest absolute Gasteiger partial charge is 0.283 e. The molecule has 0 aliphatic heterocycles. The van der Waals surface area contributed by atoms with E-state index in [2.05, 4.69) is 20.5 Å². The number of rotatable bonds is 1. The Morgan fingerprint density at radius 3 is 2.86 bits per heavy atom. The fraction of sp³-hybridized carbons (Fsp3) is 0. The Kier molecular flexibility index (Phi) is 2.52. The SMILES string of the molecule is O=c1c2cc(Cl)ccc2nnn1-c1n[nH]c2ccccc12. The Bertz CT molecular complexity index is 1040. The lowest BCUT2D eigenvalue weighted by molar-refractivity contribution is 0.720. The molecule has 0 fully saturated rings. The van der Waals surface area contributed by atoms with Crippen LogP contribution in [0.4, 0.5) is 0 Å². The third-order valence-corrected chi connectivity index (χ3v) is 3.51. The molecule has 2 aromatic heterocycles. The molecule has 1 N–H and O–H groups in total. The standard InChI is InChI=1S/C14H8ClN5O/c15-8-5-6-12-10(7-8)14(21)20(19-17-12)13-9-3-1-2-4-11(9)16-18-13/h1-7H,(H,16,18). The monoisotopic (exact) mass is 297 g/mol. The van der Waals surface area contributed by atoms with Gasteiger partial charge in [0, 0.05) is 10.4 Å². The van der Waals surface area contributed by atoms with Crippen LogP contribution in [-0.4, -0.2) is 25.2 Å². The highest BCUT2D eigenvalue weighted by atomic mass is 35.5. The molecule has 0 spiro atoms. The van der Waals surface area contributed by atoms with Crippen molar-refractivity contribution in [1.29, 1.82) is 0 Å². The highest BCUT2D eigenvalue weighted by Crippen LogP contribution is 2.18. The fourth-order valence-corrected chi connectivity index (χ4v) is 2.44. The van der Waals surface area contributed by atoms with Crippen LogP contribution >= 0.6 is 11.6 Å². The van der Waals surface area contributed by atoms with E-state index < -0.39 is 0 Å². The molecule has 0 bridgehead atoms. The highest BCUT2D eigenvalue weighted by Gasteiger charge is 2.13. The van der Waals surface area contributed by atoms with Crippen LogP contribution in [0.5, 0.6) is 0 Å². The minimum Gasteiger partial charge on any atom is -0.276 e. The predicted octanol–water partition coefficient (Wildman–Crippen LogP) is 2.31. The predicted molar refractivity (Wildman–Crippen MR) is 79.8 cm³/mol. The van der Waals surface area contributed by atoms with Crippen molar-refractivity contribution in [2.24, 2.45) is 0 Å². The van der Waals surface area contributed by atoms with Gasteiger partial charge in [0.25, 0.3) is 5.56 Å². The summed E-state index contributed by atoms with van der Waals surface area (Å²) in [6, 6.07) is 12.4. The third kappa shape index (κ3) is 1.80. The number of aromatic amines is 1. The number of hydrogen-bond acceptors (Lipinski definition) is 4. The maximum Gasteiger partial charge on any atom is 0.283 e. The molecule has 0 unspecified atom stereocenters. The van der Waals surface area contributed by atoms with Gasteiger partial charge in [0.15, 0.2) is 5.82 Å². The number of fused-ring (bicyclic) bond motifs is 2. The Hall–Kier alpha value is -2.73. The van der Waals surface area contributed by atoms with Gasteiger partial charge >= 0.3 is 0 Å². The minimum absolute atomic E-state index is 0.306. The normalized spacial score (nSPS) is 11.3. The molecule has 0 atom stereocenters. The summed E-state index contributed by atoms with van der Waals surface area (Å²) in [5.41, 5.74) is 1.02. The first-order valence-corrected chi connectivity index (χ1v) is 6.60. The van der Waals surface area contributed by atoms with E-state index in [1.807, 2.05) is 24.3 Å². The molecule has 0 radical (unpaired) electrons. The number of benzene rings is 2. The quantitative estimate of drug-likeness (QED) is 0.585. The number of nitrogens with zero attached hydrogens (tertiary/aromatic N) is 4. The van der Waals surface area contributed by atoms with Gasteiger partial charge in [-0.2, -0.15) is 9.78 Å². The van der Waals surface area contributed by atoms with Crippen molar-refractivity contribution in [3.63, 3.8) is 0 Å². The van der Waals surface area contributed by atoms with Gasteiger partial charge in [-0.15, -0.1) is 5.10 Å². The van der Waals surface area contributed by atoms with Crippen LogP contribution in [0.15, 0.2) is 47.3 Å². The summed E-state index contributed by atoms with van der Waals surface area (Å²) in [6.45, 7) is 0. The van der Waals surface area contributed by atoms with Crippen LogP contribution in [-0.2, 0) is 0 Å².